The van der Waals surface area contributed by atoms with Gasteiger partial charge in [0.2, 0.25) is 0 Å². The van der Waals surface area contributed by atoms with Gasteiger partial charge in [0.15, 0.2) is 0 Å². The number of nitrogen functional groups attached to an aromatic ring is 1. The van der Waals surface area contributed by atoms with Gasteiger partial charge in [-0.2, -0.15) is 0 Å². The van der Waals surface area contributed by atoms with Crippen LogP contribution in [0.15, 0.2) is 36.8 Å². The maximum Gasteiger partial charge on any atom is 0.146 e. The quantitative estimate of drug-likeness (QED) is 0.750. The second kappa shape index (κ2) is 6.47. The summed E-state index contributed by atoms with van der Waals surface area (Å²) >= 11 is 0. The van der Waals surface area contributed by atoms with Crippen molar-refractivity contribution < 1.29 is 5.11 Å². The first-order valence-electron chi connectivity index (χ1n) is 7.48. The van der Waals surface area contributed by atoms with Crippen LogP contribution >= 0.6 is 0 Å². The van der Waals surface area contributed by atoms with Gasteiger partial charge in [0.05, 0.1) is 5.39 Å². The number of fused-ring (bicyclic) bond motifs is 1. The van der Waals surface area contributed by atoms with Crippen LogP contribution in [0.1, 0.15) is 33.7 Å². The zero-order valence-corrected chi connectivity index (χ0v) is 13.4. The van der Waals surface area contributed by atoms with E-state index in [9.17, 15) is 5.11 Å². The molecule has 0 aliphatic carbocycles. The van der Waals surface area contributed by atoms with E-state index in [1.807, 2.05) is 32.2 Å². The molecule has 3 N–H and O–H groups in total. The third-order valence-electron chi connectivity index (χ3n) is 3.37. The Kier molecular flexibility index (Phi) is 4.65. The van der Waals surface area contributed by atoms with Crippen molar-refractivity contribution in [3.8, 4) is 16.9 Å². The van der Waals surface area contributed by atoms with E-state index in [1.165, 1.54) is 6.33 Å². The highest BCUT2D eigenvalue weighted by atomic mass is 16.3. The van der Waals surface area contributed by atoms with Crippen LogP contribution in [0.3, 0.4) is 0 Å². The second-order valence-electron chi connectivity index (χ2n) is 5.05. The first-order chi connectivity index (χ1) is 10.6. The average Bonchev–Trinajstić information content (AvgIpc) is 2.91. The lowest BCUT2D eigenvalue weighted by Gasteiger charge is -2.07. The third kappa shape index (κ3) is 2.74. The third-order valence-corrected chi connectivity index (χ3v) is 3.37. The topological polar surface area (TPSA) is 77.0 Å². The summed E-state index contributed by atoms with van der Waals surface area (Å²) in [5, 5.41) is 10.3. The number of nitrogens with zero attached hydrogens (tertiary/aromatic N) is 3. The van der Waals surface area contributed by atoms with Gasteiger partial charge in [0.1, 0.15) is 23.5 Å². The molecular weight excluding hydrogens is 276 g/mol. The van der Waals surface area contributed by atoms with Crippen molar-refractivity contribution in [2.75, 3.05) is 5.73 Å². The summed E-state index contributed by atoms with van der Waals surface area (Å²) in [6.07, 6.45) is 3.52. The van der Waals surface area contributed by atoms with Crippen LogP contribution in [-0.4, -0.2) is 19.6 Å². The van der Waals surface area contributed by atoms with Gasteiger partial charge < -0.3 is 15.4 Å². The summed E-state index contributed by atoms with van der Waals surface area (Å²) in [6.45, 7) is 8.19. The molecule has 0 atom stereocenters. The molecule has 0 fully saturated rings. The smallest absolute Gasteiger partial charge is 0.146 e. The van der Waals surface area contributed by atoms with E-state index in [2.05, 4.69) is 28.4 Å². The van der Waals surface area contributed by atoms with Gasteiger partial charge in [-0.1, -0.05) is 26.0 Å². The molecule has 0 saturated carbocycles. The molecule has 116 valence electrons. The van der Waals surface area contributed by atoms with Crippen LogP contribution in [0.25, 0.3) is 22.2 Å². The Hall–Kier alpha value is -2.56. The highest BCUT2D eigenvalue weighted by molar-refractivity contribution is 6.00. The predicted molar refractivity (Wildman–Crippen MR) is 90.8 cm³/mol. The molecule has 0 radical (unpaired) electrons. The molecule has 3 rings (SSSR count). The molecule has 5 heteroatoms. The van der Waals surface area contributed by atoms with E-state index in [1.54, 1.807) is 12.1 Å². The number of aromatic nitrogens is 3. The van der Waals surface area contributed by atoms with Gasteiger partial charge in [0, 0.05) is 17.8 Å². The molecule has 0 aliphatic heterocycles. The Morgan fingerprint density at radius 3 is 2.32 bits per heavy atom. The number of phenols is 1. The fourth-order valence-corrected chi connectivity index (χ4v) is 2.36. The Morgan fingerprint density at radius 2 is 1.73 bits per heavy atom. The van der Waals surface area contributed by atoms with Crippen molar-refractivity contribution in [2.45, 2.75) is 33.7 Å². The van der Waals surface area contributed by atoms with Crippen molar-refractivity contribution in [2.24, 2.45) is 0 Å². The lowest BCUT2D eigenvalue weighted by Crippen LogP contribution is -2.00. The van der Waals surface area contributed by atoms with Crippen molar-refractivity contribution >= 4 is 16.9 Å². The number of nitrogens with two attached hydrogens (primary N) is 1. The van der Waals surface area contributed by atoms with Crippen molar-refractivity contribution in [1.82, 2.24) is 14.5 Å². The summed E-state index contributed by atoms with van der Waals surface area (Å²) in [5.41, 5.74) is 8.81. The van der Waals surface area contributed by atoms with Gasteiger partial charge in [-0.25, -0.2) is 9.97 Å². The zero-order valence-electron chi connectivity index (χ0n) is 13.4. The van der Waals surface area contributed by atoms with Gasteiger partial charge in [-0.05, 0) is 31.5 Å². The van der Waals surface area contributed by atoms with Crippen molar-refractivity contribution in [3.63, 3.8) is 0 Å². The number of rotatable bonds is 2. The normalized spacial score (nSPS) is 10.6. The van der Waals surface area contributed by atoms with Crippen LogP contribution in [0.4, 0.5) is 5.82 Å². The highest BCUT2D eigenvalue weighted by Gasteiger charge is 2.16. The number of benzene rings is 1. The van der Waals surface area contributed by atoms with Crippen LogP contribution in [0, 0.1) is 0 Å². The van der Waals surface area contributed by atoms with Crippen LogP contribution in [-0.2, 0) is 0 Å². The molecular formula is C17H22N4O. The SMILES string of the molecule is CC.CC(C)n1cc(-c2ccc(O)cc2)c2c(N)ncnc21. The Labute approximate surface area is 130 Å². The first-order valence-corrected chi connectivity index (χ1v) is 7.48. The first kappa shape index (κ1) is 15.8. The van der Waals surface area contributed by atoms with Crippen LogP contribution < -0.4 is 5.73 Å². The second-order valence-corrected chi connectivity index (χ2v) is 5.05. The predicted octanol–water partition coefficient (Wildman–Crippen LogP) is 3.99. The molecule has 0 saturated heterocycles. The fraction of sp³-hybridized carbons (Fsp3) is 0.294. The van der Waals surface area contributed by atoms with E-state index in [4.69, 9.17) is 5.73 Å². The number of phenolic OH excluding ortho intramolecular Hbond substituents is 1. The molecule has 2 aromatic heterocycles. The van der Waals surface area contributed by atoms with Gasteiger partial charge in [-0.3, -0.25) is 0 Å². The molecule has 22 heavy (non-hydrogen) atoms. The molecule has 0 amide bonds. The van der Waals surface area contributed by atoms with Crippen molar-refractivity contribution in [3.05, 3.63) is 36.8 Å². The van der Waals surface area contributed by atoms with E-state index >= 15 is 0 Å². The minimum absolute atomic E-state index is 0.241. The van der Waals surface area contributed by atoms with Crippen LogP contribution in [0.5, 0.6) is 5.75 Å². The summed E-state index contributed by atoms with van der Waals surface area (Å²) in [6, 6.07) is 7.32. The van der Waals surface area contributed by atoms with Gasteiger partial charge in [0.25, 0.3) is 0 Å². The average molecular weight is 298 g/mol. The fourth-order valence-electron chi connectivity index (χ4n) is 2.36. The minimum atomic E-state index is 0.241. The molecule has 0 spiro atoms. The maximum atomic E-state index is 9.41. The lowest BCUT2D eigenvalue weighted by atomic mass is 10.1. The molecule has 3 aromatic rings. The summed E-state index contributed by atoms with van der Waals surface area (Å²) < 4.78 is 2.08. The summed E-state index contributed by atoms with van der Waals surface area (Å²) in [5.74, 6) is 0.711. The standard InChI is InChI=1S/C15H16N4O.C2H6/c1-9(2)19-7-12(10-3-5-11(20)6-4-10)13-14(16)17-8-18-15(13)19;1-2/h3-9,20H,1-2H3,(H2,16,17,18);1-2H3. The maximum absolute atomic E-state index is 9.41. The molecule has 0 unspecified atom stereocenters. The number of anilines is 1. The Bertz CT molecular complexity index is 760. The van der Waals surface area contributed by atoms with E-state index < -0.39 is 0 Å². The largest absolute Gasteiger partial charge is 0.508 e. The molecule has 0 aliphatic rings. The lowest BCUT2D eigenvalue weighted by molar-refractivity contribution is 0.475. The summed E-state index contributed by atoms with van der Waals surface area (Å²) in [7, 11) is 0. The molecule has 5 nitrogen and oxygen atoms in total. The monoisotopic (exact) mass is 298 g/mol. The van der Waals surface area contributed by atoms with E-state index in [-0.39, 0.29) is 11.8 Å². The molecule has 0 bridgehead atoms. The van der Waals surface area contributed by atoms with Crippen molar-refractivity contribution in [1.29, 1.82) is 0 Å². The van der Waals surface area contributed by atoms with Gasteiger partial charge >= 0.3 is 0 Å². The van der Waals surface area contributed by atoms with E-state index in [0.29, 0.717) is 5.82 Å². The highest BCUT2D eigenvalue weighted by Crippen LogP contribution is 2.34. The molecule has 1 aromatic carbocycles. The minimum Gasteiger partial charge on any atom is -0.508 e. The van der Waals surface area contributed by atoms with E-state index in [0.717, 1.165) is 22.2 Å². The Balaban J connectivity index is 0.000000847. The Morgan fingerprint density at radius 1 is 1.09 bits per heavy atom. The van der Waals surface area contributed by atoms with Crippen LogP contribution in [0.2, 0.25) is 0 Å². The zero-order chi connectivity index (χ0) is 16.3. The number of hydrogen-bond acceptors (Lipinski definition) is 4. The molecule has 2 heterocycles. The summed E-state index contributed by atoms with van der Waals surface area (Å²) in [4.78, 5) is 8.44. The number of aromatic hydroxyl groups is 1. The number of hydrogen-bond donors (Lipinski definition) is 2. The van der Waals surface area contributed by atoms with Gasteiger partial charge in [-0.15, -0.1) is 0 Å².